The fraction of sp³-hybridized carbons (Fsp3) is 0.333. The van der Waals surface area contributed by atoms with Crippen molar-refractivity contribution in [1.82, 2.24) is 9.78 Å². The van der Waals surface area contributed by atoms with E-state index >= 15 is 0 Å². The number of carbonyl (C=O) groups excluding carboxylic acids is 1. The van der Waals surface area contributed by atoms with Gasteiger partial charge in [-0.1, -0.05) is 0 Å². The molecule has 0 aliphatic heterocycles. The Morgan fingerprint density at radius 3 is 2.57 bits per heavy atom. The minimum absolute atomic E-state index is 0.275. The van der Waals surface area contributed by atoms with Crippen LogP contribution < -0.4 is 5.73 Å². The molecule has 2 rings (SSSR count). The first-order valence-electron chi connectivity index (χ1n) is 6.70. The first-order valence-corrected chi connectivity index (χ1v) is 6.70. The van der Waals surface area contributed by atoms with Crippen molar-refractivity contribution in [1.29, 1.82) is 0 Å². The topological polar surface area (TPSA) is 70.1 Å². The molecule has 0 aliphatic carbocycles. The van der Waals surface area contributed by atoms with Crippen LogP contribution in [-0.4, -0.2) is 22.4 Å². The number of ether oxygens (including phenoxy) is 1. The van der Waals surface area contributed by atoms with Crippen molar-refractivity contribution >= 4 is 5.97 Å². The van der Waals surface area contributed by atoms with E-state index in [1.54, 1.807) is 30.7 Å². The van der Waals surface area contributed by atoms with E-state index in [0.717, 1.165) is 5.69 Å². The van der Waals surface area contributed by atoms with E-state index in [1.165, 1.54) is 12.1 Å². The molecule has 0 fully saturated rings. The second kappa shape index (κ2) is 6.05. The summed E-state index contributed by atoms with van der Waals surface area (Å²) in [6, 6.07) is 5.08. The molecule has 0 unspecified atom stereocenters. The van der Waals surface area contributed by atoms with Crippen molar-refractivity contribution in [2.24, 2.45) is 5.73 Å². The highest BCUT2D eigenvalue weighted by atomic mass is 19.1. The van der Waals surface area contributed by atoms with E-state index in [9.17, 15) is 9.18 Å². The van der Waals surface area contributed by atoms with Gasteiger partial charge in [-0.05, 0) is 45.0 Å². The summed E-state index contributed by atoms with van der Waals surface area (Å²) in [6.45, 7) is 5.60. The Hall–Kier alpha value is -2.21. The molecule has 0 amide bonds. The zero-order chi connectivity index (χ0) is 15.6. The van der Waals surface area contributed by atoms with Crippen LogP contribution in [0.25, 0.3) is 5.69 Å². The van der Waals surface area contributed by atoms with Gasteiger partial charge in [0.05, 0.1) is 18.0 Å². The fourth-order valence-electron chi connectivity index (χ4n) is 2.29. The molecule has 2 N–H and O–H groups in total. The zero-order valence-electron chi connectivity index (χ0n) is 12.3. The molecule has 1 heterocycles. The number of nitrogens with zero attached hydrogens (tertiary/aromatic N) is 2. The largest absolute Gasteiger partial charge is 0.465 e. The summed E-state index contributed by atoms with van der Waals surface area (Å²) in [5.74, 6) is -0.800. The number of carbonyl (C=O) groups is 1. The molecule has 0 bridgehead atoms. The lowest BCUT2D eigenvalue weighted by Crippen LogP contribution is -2.24. The second-order valence-electron chi connectivity index (χ2n) is 4.70. The lowest BCUT2D eigenvalue weighted by molar-refractivity contribution is -0.144. The highest BCUT2D eigenvalue weighted by Gasteiger charge is 2.25. The number of nitrogens with two attached hydrogens (primary N) is 1. The van der Waals surface area contributed by atoms with Crippen LogP contribution >= 0.6 is 0 Å². The van der Waals surface area contributed by atoms with Gasteiger partial charge in [-0.3, -0.25) is 0 Å². The molecule has 1 atom stereocenters. The minimum atomic E-state index is -0.876. The number of aryl methyl sites for hydroxylation is 1. The van der Waals surface area contributed by atoms with Gasteiger partial charge in [0.15, 0.2) is 0 Å². The smallest absolute Gasteiger partial charge is 0.327 e. The minimum Gasteiger partial charge on any atom is -0.465 e. The van der Waals surface area contributed by atoms with Gasteiger partial charge in [0, 0.05) is 11.3 Å². The molecule has 0 spiro atoms. The Balaban J connectivity index is 2.42. The van der Waals surface area contributed by atoms with E-state index < -0.39 is 12.0 Å². The Morgan fingerprint density at radius 2 is 2.00 bits per heavy atom. The number of benzene rings is 1. The maximum absolute atomic E-state index is 13.0. The zero-order valence-corrected chi connectivity index (χ0v) is 12.3. The number of hydrogen-bond donors (Lipinski definition) is 1. The van der Waals surface area contributed by atoms with Crippen molar-refractivity contribution in [2.45, 2.75) is 26.8 Å². The molecular formula is C15H18FN3O2. The Labute approximate surface area is 122 Å². The molecule has 1 aromatic heterocycles. The lowest BCUT2D eigenvalue weighted by Gasteiger charge is -2.11. The monoisotopic (exact) mass is 291 g/mol. The van der Waals surface area contributed by atoms with E-state index in [2.05, 4.69) is 5.10 Å². The molecule has 0 radical (unpaired) electrons. The first kappa shape index (κ1) is 15.2. The molecule has 5 nitrogen and oxygen atoms in total. The van der Waals surface area contributed by atoms with E-state index in [4.69, 9.17) is 10.5 Å². The summed E-state index contributed by atoms with van der Waals surface area (Å²) in [5.41, 5.74) is 8.68. The fourth-order valence-corrected chi connectivity index (χ4v) is 2.29. The van der Waals surface area contributed by atoms with Crippen LogP contribution in [0.2, 0.25) is 0 Å². The van der Waals surface area contributed by atoms with E-state index in [-0.39, 0.29) is 12.4 Å². The Morgan fingerprint density at radius 1 is 1.38 bits per heavy atom. The normalized spacial score (nSPS) is 12.2. The van der Waals surface area contributed by atoms with Gasteiger partial charge in [-0.15, -0.1) is 0 Å². The van der Waals surface area contributed by atoms with Crippen molar-refractivity contribution < 1.29 is 13.9 Å². The average Bonchev–Trinajstić information content (AvgIpc) is 2.74. The average molecular weight is 291 g/mol. The van der Waals surface area contributed by atoms with E-state index in [1.807, 2.05) is 6.92 Å². The van der Waals surface area contributed by atoms with E-state index in [0.29, 0.717) is 16.9 Å². The molecule has 21 heavy (non-hydrogen) atoms. The van der Waals surface area contributed by atoms with Crippen molar-refractivity contribution in [2.75, 3.05) is 6.61 Å². The maximum atomic E-state index is 13.0. The van der Waals surface area contributed by atoms with Gasteiger partial charge < -0.3 is 10.5 Å². The van der Waals surface area contributed by atoms with Gasteiger partial charge in [-0.2, -0.15) is 5.10 Å². The predicted molar refractivity (Wildman–Crippen MR) is 76.6 cm³/mol. The number of aromatic nitrogens is 2. The van der Waals surface area contributed by atoms with Crippen molar-refractivity contribution in [3.63, 3.8) is 0 Å². The summed E-state index contributed by atoms with van der Waals surface area (Å²) in [6.07, 6.45) is 0. The van der Waals surface area contributed by atoms with Gasteiger partial charge in [0.25, 0.3) is 0 Å². The highest BCUT2D eigenvalue weighted by molar-refractivity contribution is 5.78. The van der Waals surface area contributed by atoms with Crippen LogP contribution in [0.4, 0.5) is 4.39 Å². The molecule has 6 heteroatoms. The van der Waals surface area contributed by atoms with Crippen LogP contribution in [-0.2, 0) is 9.53 Å². The second-order valence-corrected chi connectivity index (χ2v) is 4.70. The third kappa shape index (κ3) is 2.95. The van der Waals surface area contributed by atoms with Gasteiger partial charge in [0.1, 0.15) is 11.9 Å². The summed E-state index contributed by atoms with van der Waals surface area (Å²) in [4.78, 5) is 11.8. The van der Waals surface area contributed by atoms with Gasteiger partial charge >= 0.3 is 5.97 Å². The third-order valence-corrected chi connectivity index (χ3v) is 3.27. The lowest BCUT2D eigenvalue weighted by atomic mass is 10.1. The van der Waals surface area contributed by atoms with Crippen molar-refractivity contribution in [3.05, 3.63) is 47.0 Å². The summed E-state index contributed by atoms with van der Waals surface area (Å²) >= 11 is 0. The first-order chi connectivity index (χ1) is 9.95. The molecule has 0 saturated heterocycles. The molecule has 2 aromatic rings. The number of esters is 1. The quantitative estimate of drug-likeness (QED) is 0.877. The van der Waals surface area contributed by atoms with Crippen LogP contribution in [0, 0.1) is 19.7 Å². The third-order valence-electron chi connectivity index (χ3n) is 3.27. The standard InChI is InChI=1S/C15H18FN3O2/c1-4-21-15(20)14(17)13-9(2)18-19(10(13)3)12-7-5-11(16)6-8-12/h5-8,14H,4,17H2,1-3H3/t14-/m1/s1. The van der Waals surface area contributed by atoms with Crippen LogP contribution in [0.15, 0.2) is 24.3 Å². The Bertz CT molecular complexity index is 650. The van der Waals surface area contributed by atoms with Crippen LogP contribution in [0.3, 0.4) is 0 Å². The number of hydrogen-bond acceptors (Lipinski definition) is 4. The van der Waals surface area contributed by atoms with Gasteiger partial charge in [-0.25, -0.2) is 13.9 Å². The van der Waals surface area contributed by atoms with Gasteiger partial charge in [0.2, 0.25) is 0 Å². The molecular weight excluding hydrogens is 273 g/mol. The maximum Gasteiger partial charge on any atom is 0.327 e. The predicted octanol–water partition coefficient (Wildman–Crippen LogP) is 2.19. The summed E-state index contributed by atoms with van der Waals surface area (Å²) < 4.78 is 19.6. The molecule has 0 saturated carbocycles. The van der Waals surface area contributed by atoms with Crippen molar-refractivity contribution in [3.8, 4) is 5.69 Å². The molecule has 0 aliphatic rings. The van der Waals surface area contributed by atoms with Crippen LogP contribution in [0.1, 0.15) is 29.9 Å². The number of halogens is 1. The van der Waals surface area contributed by atoms with Crippen LogP contribution in [0.5, 0.6) is 0 Å². The summed E-state index contributed by atoms with van der Waals surface area (Å²) in [5, 5.41) is 4.38. The Kier molecular flexibility index (Phi) is 4.37. The number of rotatable bonds is 4. The summed E-state index contributed by atoms with van der Waals surface area (Å²) in [7, 11) is 0. The SMILES string of the molecule is CCOC(=O)[C@H](N)c1c(C)nn(-c2ccc(F)cc2)c1C. The highest BCUT2D eigenvalue weighted by Crippen LogP contribution is 2.23. The molecule has 112 valence electrons. The molecule has 1 aromatic carbocycles.